The van der Waals surface area contributed by atoms with Crippen LogP contribution in [0.3, 0.4) is 0 Å². The van der Waals surface area contributed by atoms with E-state index in [1.54, 1.807) is 52.0 Å². The van der Waals surface area contributed by atoms with Crippen LogP contribution in [0.2, 0.25) is 0 Å². The van der Waals surface area contributed by atoms with Gasteiger partial charge in [-0.1, -0.05) is 30.3 Å². The van der Waals surface area contributed by atoms with Crippen LogP contribution >= 0.6 is 0 Å². The van der Waals surface area contributed by atoms with E-state index < -0.39 is 23.2 Å². The van der Waals surface area contributed by atoms with E-state index in [-0.39, 0.29) is 6.42 Å². The van der Waals surface area contributed by atoms with Crippen LogP contribution in [0.5, 0.6) is 0 Å². The molecular formula is C15H21NO4. The van der Waals surface area contributed by atoms with Gasteiger partial charge in [-0.2, -0.15) is 0 Å². The number of alkyl carbamates (subject to hydrolysis) is 1. The lowest BCUT2D eigenvalue weighted by atomic mass is 9.89. The highest BCUT2D eigenvalue weighted by molar-refractivity contribution is 5.73. The Morgan fingerprint density at radius 3 is 2.15 bits per heavy atom. The third-order valence-electron chi connectivity index (χ3n) is 2.69. The quantitative estimate of drug-likeness (QED) is 0.888. The molecule has 0 aliphatic carbocycles. The number of benzene rings is 1. The molecular weight excluding hydrogens is 258 g/mol. The molecule has 1 amide bonds. The number of carboxylic acid groups (broad SMARTS) is 1. The van der Waals surface area contributed by atoms with Gasteiger partial charge in [-0.3, -0.25) is 4.79 Å². The average Bonchev–Trinajstić information content (AvgIpc) is 2.26. The van der Waals surface area contributed by atoms with Gasteiger partial charge in [0.2, 0.25) is 0 Å². The molecule has 110 valence electrons. The van der Waals surface area contributed by atoms with Crippen LogP contribution in [0, 0.1) is 0 Å². The highest BCUT2D eigenvalue weighted by atomic mass is 16.6. The topological polar surface area (TPSA) is 75.6 Å². The highest BCUT2D eigenvalue weighted by Crippen LogP contribution is 2.25. The normalized spacial score (nSPS) is 14.2. The maximum absolute atomic E-state index is 11.9. The number of amides is 1. The van der Waals surface area contributed by atoms with Crippen LogP contribution in [0.25, 0.3) is 0 Å². The van der Waals surface area contributed by atoms with Gasteiger partial charge >= 0.3 is 12.1 Å². The molecule has 0 spiro atoms. The lowest BCUT2D eigenvalue weighted by molar-refractivity contribution is -0.138. The van der Waals surface area contributed by atoms with Crippen LogP contribution in [0.1, 0.15) is 39.7 Å². The van der Waals surface area contributed by atoms with Crippen molar-refractivity contribution in [1.82, 2.24) is 5.32 Å². The Hall–Kier alpha value is -2.04. The standard InChI is InChI=1S/C15H21NO4/c1-14(2,3)20-13(19)16-15(4,10-12(17)18)11-8-6-5-7-9-11/h5-9H,10H2,1-4H3,(H,16,19)(H,17,18)/t15-/m0/s1. The number of nitrogens with one attached hydrogen (secondary N) is 1. The first-order valence-corrected chi connectivity index (χ1v) is 6.41. The Bertz CT molecular complexity index is 478. The Labute approximate surface area is 118 Å². The van der Waals surface area contributed by atoms with Crippen LogP contribution in [-0.2, 0) is 15.1 Å². The number of aliphatic carboxylic acids is 1. The van der Waals surface area contributed by atoms with Crippen LogP contribution in [0.15, 0.2) is 30.3 Å². The second-order valence-corrected chi connectivity index (χ2v) is 5.90. The SMILES string of the molecule is CC(C)(C)OC(=O)N[C@@](C)(CC(=O)O)c1ccccc1. The van der Waals surface area contributed by atoms with Crippen molar-refractivity contribution in [2.75, 3.05) is 0 Å². The molecule has 0 aliphatic rings. The van der Waals surface area contributed by atoms with E-state index in [0.717, 1.165) is 0 Å². The first-order valence-electron chi connectivity index (χ1n) is 6.41. The van der Waals surface area contributed by atoms with Gasteiger partial charge in [-0.25, -0.2) is 4.79 Å². The van der Waals surface area contributed by atoms with Crippen LogP contribution in [0.4, 0.5) is 4.79 Å². The average molecular weight is 279 g/mol. The second-order valence-electron chi connectivity index (χ2n) is 5.90. The first-order chi connectivity index (χ1) is 9.12. The fraction of sp³-hybridized carbons (Fsp3) is 0.467. The number of carbonyl (C=O) groups is 2. The summed E-state index contributed by atoms with van der Waals surface area (Å²) in [5.41, 5.74) is -0.936. The highest BCUT2D eigenvalue weighted by Gasteiger charge is 2.33. The predicted molar refractivity (Wildman–Crippen MR) is 75.4 cm³/mol. The van der Waals surface area contributed by atoms with Crippen molar-refractivity contribution in [1.29, 1.82) is 0 Å². The molecule has 1 aromatic rings. The summed E-state index contributed by atoms with van der Waals surface area (Å²) in [6.45, 7) is 6.93. The summed E-state index contributed by atoms with van der Waals surface area (Å²) >= 11 is 0. The fourth-order valence-corrected chi connectivity index (χ4v) is 1.86. The number of carbonyl (C=O) groups excluding carboxylic acids is 1. The molecule has 0 radical (unpaired) electrons. The van der Waals surface area contributed by atoms with E-state index in [9.17, 15) is 9.59 Å². The zero-order valence-corrected chi connectivity index (χ0v) is 12.3. The summed E-state index contributed by atoms with van der Waals surface area (Å²) < 4.78 is 5.19. The van der Waals surface area contributed by atoms with Crippen molar-refractivity contribution in [3.63, 3.8) is 0 Å². The largest absolute Gasteiger partial charge is 0.481 e. The van der Waals surface area contributed by atoms with E-state index in [0.29, 0.717) is 5.56 Å². The molecule has 0 bridgehead atoms. The Morgan fingerprint density at radius 1 is 1.15 bits per heavy atom. The summed E-state index contributed by atoms with van der Waals surface area (Å²) in [6, 6.07) is 8.98. The van der Waals surface area contributed by atoms with Gasteiger partial charge in [0.25, 0.3) is 0 Å². The maximum Gasteiger partial charge on any atom is 0.408 e. The molecule has 5 nitrogen and oxygen atoms in total. The molecule has 0 saturated heterocycles. The molecule has 1 aromatic carbocycles. The predicted octanol–water partition coefficient (Wildman–Crippen LogP) is 2.90. The molecule has 0 aliphatic heterocycles. The lowest BCUT2D eigenvalue weighted by Crippen LogP contribution is -2.47. The van der Waals surface area contributed by atoms with Crippen molar-refractivity contribution >= 4 is 12.1 Å². The van der Waals surface area contributed by atoms with E-state index in [4.69, 9.17) is 9.84 Å². The minimum Gasteiger partial charge on any atom is -0.481 e. The molecule has 20 heavy (non-hydrogen) atoms. The first kappa shape index (κ1) is 16.0. The van der Waals surface area contributed by atoms with Crippen LogP contribution in [-0.4, -0.2) is 22.8 Å². The smallest absolute Gasteiger partial charge is 0.408 e. The molecule has 0 heterocycles. The summed E-state index contributed by atoms with van der Waals surface area (Å²) in [5.74, 6) is -0.993. The van der Waals surface area contributed by atoms with E-state index in [1.165, 1.54) is 0 Å². The van der Waals surface area contributed by atoms with Crippen molar-refractivity contribution < 1.29 is 19.4 Å². The van der Waals surface area contributed by atoms with Gasteiger partial charge in [-0.15, -0.1) is 0 Å². The van der Waals surface area contributed by atoms with Crippen molar-refractivity contribution in [2.45, 2.75) is 45.3 Å². The van der Waals surface area contributed by atoms with Gasteiger partial charge in [0.05, 0.1) is 12.0 Å². The molecule has 0 unspecified atom stereocenters. The van der Waals surface area contributed by atoms with Crippen molar-refractivity contribution in [3.8, 4) is 0 Å². The molecule has 5 heteroatoms. The third kappa shape index (κ3) is 4.91. The minimum atomic E-state index is -1.02. The van der Waals surface area contributed by atoms with Gasteiger partial charge in [0, 0.05) is 0 Å². The molecule has 0 saturated carbocycles. The summed E-state index contributed by atoms with van der Waals surface area (Å²) in [6.07, 6.45) is -0.860. The molecule has 1 atom stereocenters. The zero-order chi connectivity index (χ0) is 15.4. The Balaban J connectivity index is 2.96. The van der Waals surface area contributed by atoms with E-state index in [1.807, 2.05) is 6.07 Å². The van der Waals surface area contributed by atoms with Gasteiger partial charge < -0.3 is 15.2 Å². The second kappa shape index (κ2) is 5.94. The third-order valence-corrected chi connectivity index (χ3v) is 2.69. The molecule has 0 aromatic heterocycles. The minimum absolute atomic E-state index is 0.226. The molecule has 1 rings (SSSR count). The van der Waals surface area contributed by atoms with Gasteiger partial charge in [0.1, 0.15) is 5.60 Å². The molecule has 2 N–H and O–H groups in total. The van der Waals surface area contributed by atoms with Crippen molar-refractivity contribution in [2.24, 2.45) is 0 Å². The number of carboxylic acids is 1. The van der Waals surface area contributed by atoms with E-state index in [2.05, 4.69) is 5.32 Å². The van der Waals surface area contributed by atoms with Gasteiger partial charge in [-0.05, 0) is 33.3 Å². The van der Waals surface area contributed by atoms with Crippen molar-refractivity contribution in [3.05, 3.63) is 35.9 Å². The monoisotopic (exact) mass is 279 g/mol. The number of ether oxygens (including phenoxy) is 1. The van der Waals surface area contributed by atoms with E-state index >= 15 is 0 Å². The summed E-state index contributed by atoms with van der Waals surface area (Å²) in [7, 11) is 0. The number of hydrogen-bond donors (Lipinski definition) is 2. The summed E-state index contributed by atoms with van der Waals surface area (Å²) in [5, 5.41) is 11.7. The number of hydrogen-bond acceptors (Lipinski definition) is 3. The zero-order valence-electron chi connectivity index (χ0n) is 12.3. The molecule has 0 fully saturated rings. The summed E-state index contributed by atoms with van der Waals surface area (Å²) in [4.78, 5) is 23.0. The lowest BCUT2D eigenvalue weighted by Gasteiger charge is -2.31. The Kier molecular flexibility index (Phi) is 4.76. The Morgan fingerprint density at radius 2 is 1.70 bits per heavy atom. The fourth-order valence-electron chi connectivity index (χ4n) is 1.86. The number of rotatable bonds is 4. The maximum atomic E-state index is 11.9. The van der Waals surface area contributed by atoms with Crippen LogP contribution < -0.4 is 5.32 Å². The van der Waals surface area contributed by atoms with Gasteiger partial charge in [0.15, 0.2) is 0 Å².